The minimum absolute atomic E-state index is 0.175. The number of halogens is 1. The lowest BCUT2D eigenvalue weighted by molar-refractivity contribution is 0.122. The number of sulfone groups is 1. The summed E-state index contributed by atoms with van der Waals surface area (Å²) in [6, 6.07) is 10.2. The molecule has 0 amide bonds. The summed E-state index contributed by atoms with van der Waals surface area (Å²) < 4.78 is 45.3. The molecular formula is C23H26FN5O3S. The largest absolute Gasteiger partial charge is 0.378 e. The standard InChI is InChI=1S/C23H26FN5O3S/c24-19-3-1-16(2-4-19)15-33(30,31)21-10-17(9-20(11-21)29-5-7-32-8-6-29)18-13-27-23(28-14-18)22(26)12-25/h1-4,9-11,13-14,22H,5-8,12,15,25-26H2. The van der Waals surface area contributed by atoms with Gasteiger partial charge >= 0.3 is 0 Å². The molecule has 0 bridgehead atoms. The monoisotopic (exact) mass is 471 g/mol. The Balaban J connectivity index is 1.73. The van der Waals surface area contributed by atoms with Crippen molar-refractivity contribution < 1.29 is 17.5 Å². The molecule has 4 rings (SSSR count). The van der Waals surface area contributed by atoms with Gasteiger partial charge in [0.1, 0.15) is 11.6 Å². The number of rotatable bonds is 7. The second-order valence-corrected chi connectivity index (χ2v) is 9.86. The molecule has 3 aromatic rings. The van der Waals surface area contributed by atoms with Gasteiger partial charge in [-0.05, 0) is 41.5 Å². The fourth-order valence-electron chi connectivity index (χ4n) is 3.60. The Bertz CT molecular complexity index is 1200. The van der Waals surface area contributed by atoms with E-state index in [1.807, 2.05) is 6.07 Å². The van der Waals surface area contributed by atoms with Gasteiger partial charge in [-0.1, -0.05) is 12.1 Å². The van der Waals surface area contributed by atoms with Gasteiger partial charge in [0, 0.05) is 43.3 Å². The van der Waals surface area contributed by atoms with Gasteiger partial charge in [0.05, 0.1) is 29.9 Å². The molecule has 1 aromatic heterocycles. The van der Waals surface area contributed by atoms with Gasteiger partial charge in [-0.2, -0.15) is 0 Å². The number of hydrogen-bond acceptors (Lipinski definition) is 8. The first-order valence-electron chi connectivity index (χ1n) is 10.6. The van der Waals surface area contributed by atoms with E-state index in [2.05, 4.69) is 14.9 Å². The van der Waals surface area contributed by atoms with Gasteiger partial charge in [0.25, 0.3) is 0 Å². The second-order valence-electron chi connectivity index (χ2n) is 7.87. The molecule has 0 saturated carbocycles. The van der Waals surface area contributed by atoms with Crippen molar-refractivity contribution in [1.82, 2.24) is 9.97 Å². The molecule has 10 heteroatoms. The van der Waals surface area contributed by atoms with Crippen molar-refractivity contribution in [2.75, 3.05) is 37.7 Å². The first-order chi connectivity index (χ1) is 15.9. The van der Waals surface area contributed by atoms with E-state index < -0.39 is 21.7 Å². The molecule has 1 fully saturated rings. The molecule has 1 aliphatic heterocycles. The molecule has 4 N–H and O–H groups in total. The summed E-state index contributed by atoms with van der Waals surface area (Å²) in [5.74, 6) is -0.222. The van der Waals surface area contributed by atoms with Crippen LogP contribution in [0.25, 0.3) is 11.1 Å². The molecule has 0 spiro atoms. The van der Waals surface area contributed by atoms with Gasteiger partial charge in [-0.3, -0.25) is 0 Å². The summed E-state index contributed by atoms with van der Waals surface area (Å²) in [5, 5.41) is 0. The average Bonchev–Trinajstić information content (AvgIpc) is 2.85. The van der Waals surface area contributed by atoms with Crippen molar-refractivity contribution in [3.63, 3.8) is 0 Å². The van der Waals surface area contributed by atoms with Crippen LogP contribution in [0.15, 0.2) is 59.8 Å². The molecule has 1 atom stereocenters. The number of hydrogen-bond donors (Lipinski definition) is 2. The predicted molar refractivity (Wildman–Crippen MR) is 124 cm³/mol. The second kappa shape index (κ2) is 9.92. The quantitative estimate of drug-likeness (QED) is 0.537. The van der Waals surface area contributed by atoms with E-state index >= 15 is 0 Å². The maximum atomic E-state index is 13.3. The zero-order valence-corrected chi connectivity index (χ0v) is 18.8. The highest BCUT2D eigenvalue weighted by atomic mass is 32.2. The average molecular weight is 472 g/mol. The number of benzene rings is 2. The van der Waals surface area contributed by atoms with Crippen molar-refractivity contribution in [2.45, 2.75) is 16.7 Å². The molecule has 33 heavy (non-hydrogen) atoms. The number of nitrogens with two attached hydrogens (primary N) is 2. The van der Waals surface area contributed by atoms with Crippen LogP contribution >= 0.6 is 0 Å². The van der Waals surface area contributed by atoms with Crippen LogP contribution in [0, 0.1) is 5.82 Å². The zero-order chi connectivity index (χ0) is 23.4. The maximum absolute atomic E-state index is 13.3. The van der Waals surface area contributed by atoms with Gasteiger partial charge in [-0.25, -0.2) is 22.8 Å². The van der Waals surface area contributed by atoms with Crippen molar-refractivity contribution >= 4 is 15.5 Å². The summed E-state index contributed by atoms with van der Waals surface area (Å²) in [7, 11) is -3.70. The Hall–Kier alpha value is -2.92. The number of nitrogens with zero attached hydrogens (tertiary/aromatic N) is 3. The summed E-state index contributed by atoms with van der Waals surface area (Å²) in [6.45, 7) is 2.66. The number of aromatic nitrogens is 2. The zero-order valence-electron chi connectivity index (χ0n) is 18.0. The Kier molecular flexibility index (Phi) is 6.99. The lowest BCUT2D eigenvalue weighted by atomic mass is 10.1. The van der Waals surface area contributed by atoms with E-state index in [0.717, 1.165) is 5.69 Å². The summed E-state index contributed by atoms with van der Waals surface area (Å²) in [4.78, 5) is 10.9. The third-order valence-electron chi connectivity index (χ3n) is 5.49. The molecule has 1 aliphatic rings. The fourth-order valence-corrected chi connectivity index (χ4v) is 5.01. The number of morpholine rings is 1. The smallest absolute Gasteiger partial charge is 0.182 e. The highest BCUT2D eigenvalue weighted by Gasteiger charge is 2.21. The maximum Gasteiger partial charge on any atom is 0.182 e. The minimum atomic E-state index is -3.70. The molecule has 174 valence electrons. The Labute approximate surface area is 192 Å². The van der Waals surface area contributed by atoms with Crippen LogP contribution in [0.1, 0.15) is 17.4 Å². The van der Waals surface area contributed by atoms with Crippen molar-refractivity contribution in [2.24, 2.45) is 11.5 Å². The summed E-state index contributed by atoms with van der Waals surface area (Å²) >= 11 is 0. The van der Waals surface area contributed by atoms with Crippen LogP contribution in [-0.2, 0) is 20.3 Å². The molecular weight excluding hydrogens is 445 g/mol. The third-order valence-corrected chi connectivity index (χ3v) is 7.15. The summed E-state index contributed by atoms with van der Waals surface area (Å²) in [5.41, 5.74) is 14.1. The topological polar surface area (TPSA) is 124 Å². The van der Waals surface area contributed by atoms with E-state index in [-0.39, 0.29) is 17.2 Å². The van der Waals surface area contributed by atoms with Crippen molar-refractivity contribution in [3.8, 4) is 11.1 Å². The molecule has 8 nitrogen and oxygen atoms in total. The van der Waals surface area contributed by atoms with Crippen LogP contribution in [-0.4, -0.2) is 51.2 Å². The van der Waals surface area contributed by atoms with E-state index in [4.69, 9.17) is 16.2 Å². The van der Waals surface area contributed by atoms with Crippen LogP contribution in [0.4, 0.5) is 10.1 Å². The molecule has 2 heterocycles. The van der Waals surface area contributed by atoms with Gasteiger partial charge < -0.3 is 21.1 Å². The van der Waals surface area contributed by atoms with E-state index in [0.29, 0.717) is 48.8 Å². The van der Waals surface area contributed by atoms with Crippen LogP contribution in [0.3, 0.4) is 0 Å². The molecule has 0 aliphatic carbocycles. The first kappa shape index (κ1) is 23.2. The molecule has 2 aromatic carbocycles. The lowest BCUT2D eigenvalue weighted by Crippen LogP contribution is -2.36. The van der Waals surface area contributed by atoms with Gasteiger partial charge in [0.15, 0.2) is 9.84 Å². The normalized spacial score (nSPS) is 15.4. The lowest BCUT2D eigenvalue weighted by Gasteiger charge is -2.29. The highest BCUT2D eigenvalue weighted by Crippen LogP contribution is 2.30. The first-order valence-corrected chi connectivity index (χ1v) is 12.2. The predicted octanol–water partition coefficient (Wildman–Crippen LogP) is 2.05. The third kappa shape index (κ3) is 5.53. The van der Waals surface area contributed by atoms with E-state index in [9.17, 15) is 12.8 Å². The minimum Gasteiger partial charge on any atom is -0.378 e. The van der Waals surface area contributed by atoms with Crippen molar-refractivity contribution in [3.05, 3.63) is 72.1 Å². The van der Waals surface area contributed by atoms with Crippen LogP contribution < -0.4 is 16.4 Å². The summed E-state index contributed by atoms with van der Waals surface area (Å²) in [6.07, 6.45) is 3.24. The Morgan fingerprint density at radius 3 is 2.33 bits per heavy atom. The van der Waals surface area contributed by atoms with Crippen LogP contribution in [0.5, 0.6) is 0 Å². The molecule has 1 unspecified atom stereocenters. The Morgan fingerprint density at radius 1 is 1.03 bits per heavy atom. The molecule has 0 radical (unpaired) electrons. The van der Waals surface area contributed by atoms with Crippen molar-refractivity contribution in [1.29, 1.82) is 0 Å². The van der Waals surface area contributed by atoms with E-state index in [1.54, 1.807) is 24.5 Å². The van der Waals surface area contributed by atoms with E-state index in [1.165, 1.54) is 24.3 Å². The SMILES string of the molecule is NCC(N)c1ncc(-c2cc(N3CCOCC3)cc(S(=O)(=O)Cc3ccc(F)cc3)c2)cn1. The number of ether oxygens (including phenoxy) is 1. The molecule has 1 saturated heterocycles. The highest BCUT2D eigenvalue weighted by molar-refractivity contribution is 7.90. The van der Waals surface area contributed by atoms with Gasteiger partial charge in [0.2, 0.25) is 0 Å². The van der Waals surface area contributed by atoms with Gasteiger partial charge in [-0.15, -0.1) is 0 Å². The fraction of sp³-hybridized carbons (Fsp3) is 0.304. The van der Waals surface area contributed by atoms with Crippen LogP contribution in [0.2, 0.25) is 0 Å². The Morgan fingerprint density at radius 2 is 1.70 bits per heavy atom. The number of anilines is 1.